The van der Waals surface area contributed by atoms with Crippen LogP contribution in [0.2, 0.25) is 0 Å². The minimum Gasteiger partial charge on any atom is -0.483 e. The van der Waals surface area contributed by atoms with E-state index in [0.29, 0.717) is 19.6 Å². The second-order valence-corrected chi connectivity index (χ2v) is 5.40. The fourth-order valence-electron chi connectivity index (χ4n) is 2.54. The third kappa shape index (κ3) is 4.37. The summed E-state index contributed by atoms with van der Waals surface area (Å²) in [6.07, 6.45) is -2.63. The number of carbonyl (C=O) groups excluding carboxylic acids is 1. The molecule has 122 valence electrons. The Balaban J connectivity index is 2.12. The smallest absolute Gasteiger partial charge is 0.422 e. The van der Waals surface area contributed by atoms with Gasteiger partial charge in [-0.2, -0.15) is 13.2 Å². The second kappa shape index (κ2) is 7.00. The molecule has 0 bridgehead atoms. The molecule has 1 unspecified atom stereocenters. The zero-order valence-electron chi connectivity index (χ0n) is 12.1. The molecule has 2 N–H and O–H groups in total. The van der Waals surface area contributed by atoms with Crippen LogP contribution in [0.3, 0.4) is 0 Å². The zero-order valence-corrected chi connectivity index (χ0v) is 12.1. The number of benzene rings is 1. The molecule has 2 rings (SSSR count). The molecule has 7 heteroatoms. The van der Waals surface area contributed by atoms with Crippen LogP contribution >= 0.6 is 0 Å². The summed E-state index contributed by atoms with van der Waals surface area (Å²) >= 11 is 0. The van der Waals surface area contributed by atoms with Crippen LogP contribution in [0, 0.1) is 5.92 Å². The van der Waals surface area contributed by atoms with E-state index in [-0.39, 0.29) is 23.1 Å². The van der Waals surface area contributed by atoms with Crippen molar-refractivity contribution in [2.75, 3.05) is 26.2 Å². The first-order valence-electron chi connectivity index (χ1n) is 7.18. The molecule has 0 spiro atoms. The number of likely N-dealkylation sites (tertiary alicyclic amines) is 1. The zero-order chi connectivity index (χ0) is 16.2. The van der Waals surface area contributed by atoms with Gasteiger partial charge in [0.2, 0.25) is 0 Å². The van der Waals surface area contributed by atoms with Crippen molar-refractivity contribution in [1.29, 1.82) is 0 Å². The third-order valence-corrected chi connectivity index (χ3v) is 3.65. The lowest BCUT2D eigenvalue weighted by molar-refractivity contribution is -0.153. The predicted molar refractivity (Wildman–Crippen MR) is 75.7 cm³/mol. The summed E-state index contributed by atoms with van der Waals surface area (Å²) in [6, 6.07) is 6.02. The average Bonchev–Trinajstić information content (AvgIpc) is 2.52. The van der Waals surface area contributed by atoms with Crippen molar-refractivity contribution >= 4 is 5.91 Å². The molecule has 1 amide bonds. The largest absolute Gasteiger partial charge is 0.483 e. The summed E-state index contributed by atoms with van der Waals surface area (Å²) in [7, 11) is 0. The Hall–Kier alpha value is -1.76. The maximum absolute atomic E-state index is 12.5. The van der Waals surface area contributed by atoms with Crippen LogP contribution < -0.4 is 10.5 Å². The molecule has 1 fully saturated rings. The van der Waals surface area contributed by atoms with Crippen molar-refractivity contribution in [2.24, 2.45) is 11.7 Å². The Morgan fingerprint density at radius 3 is 2.77 bits per heavy atom. The van der Waals surface area contributed by atoms with Gasteiger partial charge in [0.25, 0.3) is 5.91 Å². The second-order valence-electron chi connectivity index (χ2n) is 5.40. The van der Waals surface area contributed by atoms with Crippen LogP contribution in [-0.4, -0.2) is 43.2 Å². The van der Waals surface area contributed by atoms with E-state index < -0.39 is 12.8 Å². The molecular weight excluding hydrogens is 297 g/mol. The number of piperidine rings is 1. The van der Waals surface area contributed by atoms with Gasteiger partial charge >= 0.3 is 6.18 Å². The minimum absolute atomic E-state index is 0.0419. The fraction of sp³-hybridized carbons (Fsp3) is 0.533. The van der Waals surface area contributed by atoms with Crippen LogP contribution in [0.15, 0.2) is 24.3 Å². The van der Waals surface area contributed by atoms with Gasteiger partial charge in [-0.25, -0.2) is 0 Å². The van der Waals surface area contributed by atoms with Crippen molar-refractivity contribution in [3.05, 3.63) is 29.8 Å². The molecule has 1 aliphatic rings. The molecular formula is C15H19F3N2O2. The van der Waals surface area contributed by atoms with Gasteiger partial charge in [-0.1, -0.05) is 12.1 Å². The number of rotatable bonds is 4. The van der Waals surface area contributed by atoms with E-state index in [1.807, 2.05) is 0 Å². The Morgan fingerprint density at radius 1 is 1.36 bits per heavy atom. The highest BCUT2D eigenvalue weighted by molar-refractivity contribution is 5.97. The van der Waals surface area contributed by atoms with Crippen LogP contribution in [0.4, 0.5) is 13.2 Å². The number of nitrogens with two attached hydrogens (primary N) is 1. The van der Waals surface area contributed by atoms with Crippen molar-refractivity contribution in [2.45, 2.75) is 19.0 Å². The fourth-order valence-corrected chi connectivity index (χ4v) is 2.54. The average molecular weight is 316 g/mol. The van der Waals surface area contributed by atoms with Gasteiger partial charge in [0, 0.05) is 13.1 Å². The van der Waals surface area contributed by atoms with Gasteiger partial charge in [0.15, 0.2) is 6.61 Å². The van der Waals surface area contributed by atoms with Crippen LogP contribution in [-0.2, 0) is 0 Å². The van der Waals surface area contributed by atoms with E-state index in [0.717, 1.165) is 12.8 Å². The predicted octanol–water partition coefficient (Wildman–Crippen LogP) is 2.44. The van der Waals surface area contributed by atoms with Gasteiger partial charge in [-0.15, -0.1) is 0 Å². The van der Waals surface area contributed by atoms with E-state index in [1.54, 1.807) is 17.0 Å². The number of nitrogens with zero attached hydrogens (tertiary/aromatic N) is 1. The van der Waals surface area contributed by atoms with E-state index in [9.17, 15) is 18.0 Å². The topological polar surface area (TPSA) is 55.6 Å². The standard InChI is InChI=1S/C15H19F3N2O2/c16-15(17,18)10-22-13-6-2-1-5-12(13)14(21)20-7-3-4-11(8-19)9-20/h1-2,5-6,11H,3-4,7-10,19H2. The normalized spacial score (nSPS) is 19.1. The third-order valence-electron chi connectivity index (χ3n) is 3.65. The van der Waals surface area contributed by atoms with Crippen LogP contribution in [0.5, 0.6) is 5.75 Å². The molecule has 1 saturated heterocycles. The van der Waals surface area contributed by atoms with E-state index >= 15 is 0 Å². The Morgan fingerprint density at radius 2 is 2.09 bits per heavy atom. The molecule has 0 radical (unpaired) electrons. The van der Waals surface area contributed by atoms with Crippen molar-refractivity contribution < 1.29 is 22.7 Å². The SMILES string of the molecule is NCC1CCCN(C(=O)c2ccccc2OCC(F)(F)F)C1. The van der Waals surface area contributed by atoms with Gasteiger partial charge in [0.1, 0.15) is 5.75 Å². The summed E-state index contributed by atoms with van der Waals surface area (Å²) in [4.78, 5) is 14.2. The molecule has 4 nitrogen and oxygen atoms in total. The molecule has 1 aromatic carbocycles. The number of carbonyl (C=O) groups is 1. The van der Waals surface area contributed by atoms with Gasteiger partial charge in [0.05, 0.1) is 5.56 Å². The lowest BCUT2D eigenvalue weighted by atomic mass is 9.97. The molecule has 1 heterocycles. The molecule has 0 saturated carbocycles. The molecule has 1 aromatic rings. The van der Waals surface area contributed by atoms with Gasteiger partial charge < -0.3 is 15.4 Å². The summed E-state index contributed by atoms with van der Waals surface area (Å²) in [6.45, 7) is 0.199. The highest BCUT2D eigenvalue weighted by Crippen LogP contribution is 2.25. The highest BCUT2D eigenvalue weighted by atomic mass is 19.4. The van der Waals surface area contributed by atoms with E-state index in [1.165, 1.54) is 12.1 Å². The van der Waals surface area contributed by atoms with Crippen LogP contribution in [0.25, 0.3) is 0 Å². The van der Waals surface area contributed by atoms with E-state index in [4.69, 9.17) is 10.5 Å². The Labute approximate surface area is 127 Å². The number of amides is 1. The van der Waals surface area contributed by atoms with Crippen molar-refractivity contribution in [3.63, 3.8) is 0 Å². The summed E-state index contributed by atoms with van der Waals surface area (Å²) < 4.78 is 41.6. The number of halogens is 3. The number of hydrogen-bond donors (Lipinski definition) is 1. The molecule has 1 aliphatic heterocycles. The first-order chi connectivity index (χ1) is 10.4. The summed E-state index contributed by atoms with van der Waals surface area (Å²) in [5.41, 5.74) is 5.80. The summed E-state index contributed by atoms with van der Waals surface area (Å²) in [5.74, 6) is -0.114. The minimum atomic E-state index is -4.44. The van der Waals surface area contributed by atoms with Gasteiger partial charge in [-0.05, 0) is 37.4 Å². The number of alkyl halides is 3. The van der Waals surface area contributed by atoms with E-state index in [2.05, 4.69) is 0 Å². The maximum Gasteiger partial charge on any atom is 0.422 e. The maximum atomic E-state index is 12.5. The van der Waals surface area contributed by atoms with Crippen molar-refractivity contribution in [3.8, 4) is 5.75 Å². The number of ether oxygens (including phenoxy) is 1. The lowest BCUT2D eigenvalue weighted by Crippen LogP contribution is -2.42. The number of hydrogen-bond acceptors (Lipinski definition) is 3. The summed E-state index contributed by atoms with van der Waals surface area (Å²) in [5, 5.41) is 0. The van der Waals surface area contributed by atoms with Gasteiger partial charge in [-0.3, -0.25) is 4.79 Å². The first kappa shape index (κ1) is 16.6. The Bertz CT molecular complexity index is 520. The molecule has 1 atom stereocenters. The molecule has 0 aliphatic carbocycles. The first-order valence-corrected chi connectivity index (χ1v) is 7.18. The highest BCUT2D eigenvalue weighted by Gasteiger charge is 2.30. The monoisotopic (exact) mass is 316 g/mol. The molecule has 22 heavy (non-hydrogen) atoms. The quantitative estimate of drug-likeness (QED) is 0.928. The number of para-hydroxylation sites is 1. The lowest BCUT2D eigenvalue weighted by Gasteiger charge is -2.32. The molecule has 0 aromatic heterocycles. The van der Waals surface area contributed by atoms with Crippen molar-refractivity contribution in [1.82, 2.24) is 4.90 Å². The Kier molecular flexibility index (Phi) is 5.28. The van der Waals surface area contributed by atoms with Crippen LogP contribution in [0.1, 0.15) is 23.2 Å².